The minimum absolute atomic E-state index is 0.582. The van der Waals surface area contributed by atoms with E-state index in [1.54, 1.807) is 12.4 Å². The second-order valence-electron chi connectivity index (χ2n) is 2.95. The van der Waals surface area contributed by atoms with Crippen LogP contribution in [0.3, 0.4) is 0 Å². The van der Waals surface area contributed by atoms with Crippen LogP contribution in [0.1, 0.15) is 19.8 Å². The lowest BCUT2D eigenvalue weighted by Gasteiger charge is -2.07. The maximum Gasteiger partial charge on any atom is 0.222 e. The Hall–Kier alpha value is 0.0900. The zero-order valence-electron chi connectivity index (χ0n) is 8.00. The Balaban J connectivity index is 2.28. The molecular formula is C9H13BrIN3. The van der Waals surface area contributed by atoms with Crippen molar-refractivity contribution >= 4 is 44.5 Å². The Bertz CT molecular complexity index is 265. The number of hydrogen-bond acceptors (Lipinski definition) is 3. The molecule has 1 N–H and O–H groups in total. The molecule has 0 amide bonds. The van der Waals surface area contributed by atoms with Crippen LogP contribution in [0.25, 0.3) is 0 Å². The van der Waals surface area contributed by atoms with Crippen LogP contribution in [0.4, 0.5) is 5.95 Å². The van der Waals surface area contributed by atoms with Gasteiger partial charge in [-0.25, -0.2) is 9.97 Å². The number of rotatable bonds is 5. The van der Waals surface area contributed by atoms with Crippen LogP contribution in [0.15, 0.2) is 12.4 Å². The summed E-state index contributed by atoms with van der Waals surface area (Å²) >= 11 is 5.77. The minimum Gasteiger partial charge on any atom is -0.354 e. The Morgan fingerprint density at radius 3 is 2.71 bits per heavy atom. The molecule has 1 aromatic rings. The lowest BCUT2D eigenvalue weighted by Crippen LogP contribution is -2.09. The fourth-order valence-corrected chi connectivity index (χ4v) is 1.46. The highest BCUT2D eigenvalue weighted by molar-refractivity contribution is 14.1. The molecule has 0 spiro atoms. The van der Waals surface area contributed by atoms with Crippen molar-refractivity contribution in [1.29, 1.82) is 0 Å². The first-order valence-electron chi connectivity index (χ1n) is 4.58. The molecule has 1 atom stereocenters. The number of alkyl halides is 1. The predicted octanol–water partition coefficient (Wildman–Crippen LogP) is 3.06. The Labute approximate surface area is 106 Å². The van der Waals surface area contributed by atoms with Gasteiger partial charge in [0.1, 0.15) is 0 Å². The largest absolute Gasteiger partial charge is 0.354 e. The van der Waals surface area contributed by atoms with Crippen molar-refractivity contribution in [3.8, 4) is 0 Å². The zero-order valence-corrected chi connectivity index (χ0v) is 11.7. The lowest BCUT2D eigenvalue weighted by atomic mass is 10.2. The highest BCUT2D eigenvalue weighted by Gasteiger charge is 2.00. The van der Waals surface area contributed by atoms with Gasteiger partial charge < -0.3 is 5.32 Å². The van der Waals surface area contributed by atoms with Gasteiger partial charge in [0.25, 0.3) is 0 Å². The van der Waals surface area contributed by atoms with E-state index in [2.05, 4.69) is 60.7 Å². The van der Waals surface area contributed by atoms with E-state index in [9.17, 15) is 0 Å². The van der Waals surface area contributed by atoms with E-state index in [1.165, 1.54) is 0 Å². The van der Waals surface area contributed by atoms with Crippen molar-refractivity contribution < 1.29 is 0 Å². The molecule has 78 valence electrons. The lowest BCUT2D eigenvalue weighted by molar-refractivity contribution is 0.770. The summed E-state index contributed by atoms with van der Waals surface area (Å²) in [6.45, 7) is 3.07. The Kier molecular flexibility index (Phi) is 5.69. The maximum atomic E-state index is 4.16. The molecule has 5 heteroatoms. The van der Waals surface area contributed by atoms with Gasteiger partial charge in [0, 0.05) is 27.3 Å². The average Bonchev–Trinajstić information content (AvgIpc) is 2.21. The molecule has 0 saturated carbocycles. The standard InChI is InChI=1S/C9H13BrIN3/c1-2-7(10)3-4-12-9-13-5-8(11)6-14-9/h5-7H,2-4H2,1H3,(H,12,13,14). The summed E-state index contributed by atoms with van der Waals surface area (Å²) in [6.07, 6.45) is 5.85. The number of halogens is 2. The van der Waals surface area contributed by atoms with Crippen molar-refractivity contribution in [2.45, 2.75) is 24.6 Å². The maximum absolute atomic E-state index is 4.16. The van der Waals surface area contributed by atoms with Gasteiger partial charge in [-0.3, -0.25) is 0 Å². The van der Waals surface area contributed by atoms with E-state index in [0.29, 0.717) is 10.8 Å². The topological polar surface area (TPSA) is 37.8 Å². The van der Waals surface area contributed by atoms with Crippen molar-refractivity contribution in [3.05, 3.63) is 16.0 Å². The van der Waals surface area contributed by atoms with E-state index in [1.807, 2.05) is 0 Å². The molecule has 0 aliphatic heterocycles. The van der Waals surface area contributed by atoms with Gasteiger partial charge in [-0.05, 0) is 35.4 Å². The van der Waals surface area contributed by atoms with E-state index >= 15 is 0 Å². The fourth-order valence-electron chi connectivity index (χ4n) is 0.948. The van der Waals surface area contributed by atoms with Gasteiger partial charge in [-0.15, -0.1) is 0 Å². The summed E-state index contributed by atoms with van der Waals surface area (Å²) in [6, 6.07) is 0. The highest BCUT2D eigenvalue weighted by atomic mass is 127. The first kappa shape index (κ1) is 12.2. The molecule has 0 aliphatic rings. The predicted molar refractivity (Wildman–Crippen MR) is 70.9 cm³/mol. The number of nitrogens with zero attached hydrogens (tertiary/aromatic N) is 2. The summed E-state index contributed by atoms with van der Waals surface area (Å²) < 4.78 is 1.06. The summed E-state index contributed by atoms with van der Waals surface area (Å²) in [7, 11) is 0. The quantitative estimate of drug-likeness (QED) is 0.640. The monoisotopic (exact) mass is 369 g/mol. The van der Waals surface area contributed by atoms with Gasteiger partial charge in [0.2, 0.25) is 5.95 Å². The van der Waals surface area contributed by atoms with Crippen molar-refractivity contribution in [3.63, 3.8) is 0 Å². The molecule has 0 saturated heterocycles. The molecule has 1 rings (SSSR count). The molecule has 0 aromatic carbocycles. The first-order valence-corrected chi connectivity index (χ1v) is 6.57. The van der Waals surface area contributed by atoms with Gasteiger partial charge in [-0.1, -0.05) is 22.9 Å². The molecule has 14 heavy (non-hydrogen) atoms. The third kappa shape index (κ3) is 4.54. The second-order valence-corrected chi connectivity index (χ2v) is 5.49. The molecule has 1 heterocycles. The normalized spacial score (nSPS) is 12.5. The van der Waals surface area contributed by atoms with E-state index in [0.717, 1.165) is 23.0 Å². The van der Waals surface area contributed by atoms with Crippen molar-refractivity contribution in [2.24, 2.45) is 0 Å². The average molecular weight is 370 g/mol. The second kappa shape index (κ2) is 6.55. The molecule has 3 nitrogen and oxygen atoms in total. The minimum atomic E-state index is 0.582. The molecular weight excluding hydrogens is 357 g/mol. The Morgan fingerprint density at radius 2 is 2.14 bits per heavy atom. The number of hydrogen-bond donors (Lipinski definition) is 1. The first-order chi connectivity index (χ1) is 6.72. The molecule has 0 bridgehead atoms. The molecule has 0 radical (unpaired) electrons. The third-order valence-electron chi connectivity index (χ3n) is 1.80. The van der Waals surface area contributed by atoms with Gasteiger partial charge in [0.05, 0.1) is 0 Å². The van der Waals surface area contributed by atoms with Crippen LogP contribution in [0.2, 0.25) is 0 Å². The molecule has 0 fully saturated rings. The molecule has 0 aliphatic carbocycles. The van der Waals surface area contributed by atoms with Gasteiger partial charge in [0.15, 0.2) is 0 Å². The van der Waals surface area contributed by atoms with E-state index in [-0.39, 0.29) is 0 Å². The van der Waals surface area contributed by atoms with E-state index in [4.69, 9.17) is 0 Å². The third-order valence-corrected chi connectivity index (χ3v) is 3.47. The summed E-state index contributed by atoms with van der Waals surface area (Å²) in [5, 5.41) is 3.18. The summed E-state index contributed by atoms with van der Waals surface area (Å²) in [4.78, 5) is 8.89. The number of nitrogens with one attached hydrogen (secondary N) is 1. The fraction of sp³-hybridized carbons (Fsp3) is 0.556. The smallest absolute Gasteiger partial charge is 0.222 e. The number of anilines is 1. The van der Waals surface area contributed by atoms with Gasteiger partial charge >= 0.3 is 0 Å². The highest BCUT2D eigenvalue weighted by Crippen LogP contribution is 2.09. The zero-order chi connectivity index (χ0) is 10.4. The van der Waals surface area contributed by atoms with E-state index < -0.39 is 0 Å². The summed E-state index contributed by atoms with van der Waals surface area (Å²) in [5.41, 5.74) is 0. The van der Waals surface area contributed by atoms with Gasteiger partial charge in [-0.2, -0.15) is 0 Å². The van der Waals surface area contributed by atoms with Crippen LogP contribution in [0.5, 0.6) is 0 Å². The Morgan fingerprint density at radius 1 is 1.50 bits per heavy atom. The number of aromatic nitrogens is 2. The SMILES string of the molecule is CCC(Br)CCNc1ncc(I)cn1. The van der Waals surface area contributed by atoms with Crippen molar-refractivity contribution in [1.82, 2.24) is 9.97 Å². The van der Waals surface area contributed by atoms with Crippen LogP contribution in [0, 0.1) is 3.57 Å². The molecule has 1 aromatic heterocycles. The van der Waals surface area contributed by atoms with Crippen LogP contribution in [-0.2, 0) is 0 Å². The van der Waals surface area contributed by atoms with Crippen LogP contribution >= 0.6 is 38.5 Å². The molecule has 1 unspecified atom stereocenters. The van der Waals surface area contributed by atoms with Crippen LogP contribution in [-0.4, -0.2) is 21.3 Å². The summed E-state index contributed by atoms with van der Waals surface area (Å²) in [5.74, 6) is 0.709. The van der Waals surface area contributed by atoms with Crippen molar-refractivity contribution in [2.75, 3.05) is 11.9 Å². The van der Waals surface area contributed by atoms with Crippen LogP contribution < -0.4 is 5.32 Å².